The number of carbonyl (C=O) groups is 1. The third-order valence-corrected chi connectivity index (χ3v) is 4.84. The highest BCUT2D eigenvalue weighted by Gasteiger charge is 2.66. The number of carbonyl (C=O) groups excluding carboxylic acids is 1. The molecule has 2 atom stereocenters. The predicted molar refractivity (Wildman–Crippen MR) is 55.3 cm³/mol. The van der Waals surface area contributed by atoms with Crippen LogP contribution in [0.5, 0.6) is 0 Å². The Morgan fingerprint density at radius 1 is 1.35 bits per heavy atom. The predicted octanol–water partition coefficient (Wildman–Crippen LogP) is 3.39. The first-order valence-corrected chi connectivity index (χ1v) is 5.58. The van der Waals surface area contributed by atoms with Gasteiger partial charge in [-0.1, -0.05) is 20.8 Å². The third-order valence-electron chi connectivity index (χ3n) is 4.84. The topological polar surface area (TPSA) is 37.3 Å². The second-order valence-corrected chi connectivity index (χ2v) is 5.73. The summed E-state index contributed by atoms with van der Waals surface area (Å²) < 4.78 is 37.5. The fourth-order valence-corrected chi connectivity index (χ4v) is 3.29. The van der Waals surface area contributed by atoms with Crippen molar-refractivity contribution in [3.05, 3.63) is 11.3 Å². The van der Waals surface area contributed by atoms with Crippen molar-refractivity contribution in [2.45, 2.75) is 39.8 Å². The monoisotopic (exact) mass is 248 g/mol. The zero-order valence-corrected chi connectivity index (χ0v) is 9.98. The minimum absolute atomic E-state index is 0.406. The van der Waals surface area contributed by atoms with E-state index >= 15 is 0 Å². The summed E-state index contributed by atoms with van der Waals surface area (Å²) in [6.07, 6.45) is -3.70. The van der Waals surface area contributed by atoms with Crippen molar-refractivity contribution in [3.8, 4) is 0 Å². The lowest BCUT2D eigenvalue weighted by molar-refractivity contribution is -0.131. The summed E-state index contributed by atoms with van der Waals surface area (Å²) >= 11 is 0. The molecule has 2 saturated carbocycles. The van der Waals surface area contributed by atoms with Crippen molar-refractivity contribution < 1.29 is 23.1 Å². The largest absolute Gasteiger partial charge is 0.504 e. The number of halogens is 3. The summed E-state index contributed by atoms with van der Waals surface area (Å²) in [6.45, 7) is 5.31. The highest BCUT2D eigenvalue weighted by molar-refractivity contribution is 6.05. The van der Waals surface area contributed by atoms with Crippen molar-refractivity contribution in [2.75, 3.05) is 0 Å². The van der Waals surface area contributed by atoms with E-state index in [2.05, 4.69) is 0 Å². The lowest BCUT2D eigenvalue weighted by Crippen LogP contribution is -2.32. The number of aliphatic hydroxyl groups is 1. The molecule has 2 aliphatic carbocycles. The molecule has 96 valence electrons. The lowest BCUT2D eigenvalue weighted by atomic mass is 9.70. The van der Waals surface area contributed by atoms with Crippen molar-refractivity contribution in [2.24, 2.45) is 16.7 Å². The fraction of sp³-hybridized carbons (Fsp3) is 0.750. The van der Waals surface area contributed by atoms with E-state index in [4.69, 9.17) is 0 Å². The second-order valence-electron chi connectivity index (χ2n) is 5.73. The molecule has 0 aromatic heterocycles. The Hall–Kier alpha value is -1.00. The number of Topliss-reactive ketones (excluding diaryl/α,β-unsaturated/α-hetero) is 1. The number of ketones is 1. The van der Waals surface area contributed by atoms with Gasteiger partial charge in [0.05, 0.1) is 0 Å². The molecule has 0 spiro atoms. The maximum atomic E-state index is 12.5. The maximum absolute atomic E-state index is 12.5. The first-order valence-electron chi connectivity index (χ1n) is 5.58. The molecule has 1 N–H and O–H groups in total. The van der Waals surface area contributed by atoms with Crippen LogP contribution >= 0.6 is 0 Å². The quantitative estimate of drug-likeness (QED) is 0.527. The Bertz CT molecular complexity index is 420. The smallest absolute Gasteiger partial charge is 0.449 e. The van der Waals surface area contributed by atoms with Gasteiger partial charge in [0.25, 0.3) is 0 Å². The van der Waals surface area contributed by atoms with Crippen molar-refractivity contribution >= 4 is 5.78 Å². The molecular weight excluding hydrogens is 233 g/mol. The third kappa shape index (κ3) is 1.31. The summed E-state index contributed by atoms with van der Waals surface area (Å²) in [5.41, 5.74) is -1.69. The lowest BCUT2D eigenvalue weighted by Gasteiger charge is -2.31. The van der Waals surface area contributed by atoms with E-state index in [1.165, 1.54) is 0 Å². The summed E-state index contributed by atoms with van der Waals surface area (Å²) in [7, 11) is 0. The van der Waals surface area contributed by atoms with Gasteiger partial charge in [-0.25, -0.2) is 0 Å². The van der Waals surface area contributed by atoms with Crippen molar-refractivity contribution in [1.82, 2.24) is 0 Å². The number of rotatable bonds is 0. The molecule has 2 fully saturated rings. The Balaban J connectivity index is 2.60. The first kappa shape index (κ1) is 12.5. The van der Waals surface area contributed by atoms with E-state index in [0.29, 0.717) is 12.8 Å². The minimum Gasteiger partial charge on any atom is -0.504 e. The number of alkyl halides is 3. The van der Waals surface area contributed by atoms with Gasteiger partial charge in [-0.05, 0) is 24.2 Å². The molecule has 2 bridgehead atoms. The Morgan fingerprint density at radius 2 is 1.88 bits per heavy atom. The minimum atomic E-state index is -4.83. The van der Waals surface area contributed by atoms with Crippen LogP contribution in [0.2, 0.25) is 0 Å². The van der Waals surface area contributed by atoms with Crippen LogP contribution in [0.4, 0.5) is 13.2 Å². The molecule has 0 amide bonds. The highest BCUT2D eigenvalue weighted by Crippen LogP contribution is 2.66. The molecule has 0 saturated heterocycles. The molecule has 5 heteroatoms. The van der Waals surface area contributed by atoms with E-state index in [0.717, 1.165) is 0 Å². The molecule has 0 aromatic rings. The van der Waals surface area contributed by atoms with Gasteiger partial charge in [0.15, 0.2) is 5.78 Å². The van der Waals surface area contributed by atoms with E-state index < -0.39 is 40.0 Å². The van der Waals surface area contributed by atoms with Gasteiger partial charge in [-0.3, -0.25) is 4.79 Å². The normalized spacial score (nSPS) is 38.7. The zero-order valence-electron chi connectivity index (χ0n) is 9.98. The van der Waals surface area contributed by atoms with Gasteiger partial charge in [0.2, 0.25) is 5.76 Å². The zero-order chi connectivity index (χ0) is 13.2. The van der Waals surface area contributed by atoms with Crippen LogP contribution in [0.3, 0.4) is 0 Å². The first-order chi connectivity index (χ1) is 7.53. The average molecular weight is 248 g/mol. The fourth-order valence-electron chi connectivity index (χ4n) is 3.29. The van der Waals surface area contributed by atoms with Crippen molar-refractivity contribution in [1.29, 1.82) is 0 Å². The van der Waals surface area contributed by atoms with Crippen LogP contribution in [-0.2, 0) is 4.79 Å². The molecule has 0 aliphatic heterocycles. The van der Waals surface area contributed by atoms with E-state index in [9.17, 15) is 23.1 Å². The SMILES string of the molecule is CC12CCC(/C(=C(/O)C(F)(F)F)C1=O)C2(C)C. The Labute approximate surface area is 97.5 Å². The molecule has 17 heavy (non-hydrogen) atoms. The Kier molecular flexibility index (Phi) is 2.24. The molecule has 0 heterocycles. The summed E-state index contributed by atoms with van der Waals surface area (Å²) in [5, 5.41) is 9.26. The van der Waals surface area contributed by atoms with E-state index in [1.807, 2.05) is 0 Å². The van der Waals surface area contributed by atoms with Gasteiger partial charge in [0.1, 0.15) is 0 Å². The number of aliphatic hydroxyl groups excluding tert-OH is 1. The van der Waals surface area contributed by atoms with Crippen LogP contribution < -0.4 is 0 Å². The number of allylic oxidation sites excluding steroid dienone is 2. The van der Waals surface area contributed by atoms with E-state index in [-0.39, 0.29) is 0 Å². The van der Waals surface area contributed by atoms with Gasteiger partial charge in [0, 0.05) is 11.0 Å². The molecule has 0 radical (unpaired) electrons. The summed E-state index contributed by atoms with van der Waals surface area (Å²) in [6, 6.07) is 0. The van der Waals surface area contributed by atoms with Crippen LogP contribution in [0.1, 0.15) is 33.6 Å². The average Bonchev–Trinajstić information content (AvgIpc) is 2.47. The van der Waals surface area contributed by atoms with Gasteiger partial charge in [-0.15, -0.1) is 0 Å². The Morgan fingerprint density at radius 3 is 2.24 bits per heavy atom. The number of hydrogen-bond acceptors (Lipinski definition) is 2. The molecule has 2 rings (SSSR count). The molecule has 2 nitrogen and oxygen atoms in total. The van der Waals surface area contributed by atoms with Gasteiger partial charge in [-0.2, -0.15) is 13.2 Å². The summed E-state index contributed by atoms with van der Waals surface area (Å²) in [5.74, 6) is -2.71. The molecule has 0 aromatic carbocycles. The second kappa shape index (κ2) is 3.06. The van der Waals surface area contributed by atoms with Gasteiger partial charge >= 0.3 is 6.18 Å². The van der Waals surface area contributed by atoms with Crippen molar-refractivity contribution in [3.63, 3.8) is 0 Å². The number of hydrogen-bond donors (Lipinski definition) is 1. The standard InChI is InChI=1S/C12H15F3O2/c1-10(2)6-4-5-11(10,3)8(16)7(6)9(17)12(13,14)15/h6,17H,4-5H2,1-3H3/b9-7-. The molecular formula is C12H15F3O2. The van der Waals surface area contributed by atoms with Crippen LogP contribution in [0, 0.1) is 16.7 Å². The maximum Gasteiger partial charge on any atom is 0.449 e. The van der Waals surface area contributed by atoms with Gasteiger partial charge < -0.3 is 5.11 Å². The van der Waals surface area contributed by atoms with Crippen LogP contribution in [0.25, 0.3) is 0 Å². The highest BCUT2D eigenvalue weighted by atomic mass is 19.4. The summed E-state index contributed by atoms with van der Waals surface area (Å²) in [4.78, 5) is 12.1. The molecule has 2 aliphatic rings. The van der Waals surface area contributed by atoms with Crippen LogP contribution in [-0.4, -0.2) is 17.1 Å². The number of fused-ring (bicyclic) bond motifs is 2. The van der Waals surface area contributed by atoms with Crippen LogP contribution in [0.15, 0.2) is 11.3 Å². The molecule has 2 unspecified atom stereocenters. The van der Waals surface area contributed by atoms with E-state index in [1.54, 1.807) is 20.8 Å².